The topological polar surface area (TPSA) is 33.2 Å². The number of carbonyl (C=O) groups excluding carboxylic acids is 1. The first-order valence-electron chi connectivity index (χ1n) is 8.56. The number of pyridine rings is 1. The van der Waals surface area contributed by atoms with Gasteiger partial charge in [0.15, 0.2) is 0 Å². The number of hydrogen-bond acceptors (Lipinski definition) is 2. The van der Waals surface area contributed by atoms with Crippen molar-refractivity contribution in [3.8, 4) is 0 Å². The van der Waals surface area contributed by atoms with E-state index in [0.29, 0.717) is 12.5 Å². The maximum absolute atomic E-state index is 12.4. The van der Waals surface area contributed by atoms with E-state index in [1.165, 1.54) is 11.1 Å². The Balaban J connectivity index is 1.93. The number of rotatable bonds is 7. The standard InChI is InChI=1S/C21H26N2O/c1-4-23(16-13-19-11-14-22-15-12-19)21(24)10-7-18-5-8-20(9-6-18)17(2)3/h5-12,14-15,17H,4,13,16H2,1-3H3/b10-7+. The fourth-order valence-corrected chi connectivity index (χ4v) is 2.50. The van der Waals surface area contributed by atoms with E-state index in [1.54, 1.807) is 18.5 Å². The van der Waals surface area contributed by atoms with Crippen LogP contribution in [0.25, 0.3) is 6.08 Å². The van der Waals surface area contributed by atoms with Gasteiger partial charge in [0.05, 0.1) is 0 Å². The summed E-state index contributed by atoms with van der Waals surface area (Å²) in [6.07, 6.45) is 7.98. The summed E-state index contributed by atoms with van der Waals surface area (Å²) in [6.45, 7) is 7.79. The molecule has 3 heteroatoms. The Morgan fingerprint density at radius 1 is 1.12 bits per heavy atom. The molecule has 0 radical (unpaired) electrons. The SMILES string of the molecule is CCN(CCc1ccncc1)C(=O)/C=C/c1ccc(C(C)C)cc1. The lowest BCUT2D eigenvalue weighted by atomic mass is 10.0. The molecular formula is C21H26N2O. The molecule has 0 N–H and O–H groups in total. The highest BCUT2D eigenvalue weighted by Gasteiger charge is 2.08. The Morgan fingerprint density at radius 2 is 1.79 bits per heavy atom. The maximum atomic E-state index is 12.4. The molecule has 0 unspecified atom stereocenters. The van der Waals surface area contributed by atoms with Crippen LogP contribution in [0.5, 0.6) is 0 Å². The summed E-state index contributed by atoms with van der Waals surface area (Å²) < 4.78 is 0. The third kappa shape index (κ3) is 5.34. The molecule has 0 aliphatic heterocycles. The lowest BCUT2D eigenvalue weighted by Gasteiger charge is -2.19. The molecule has 1 aromatic carbocycles. The first kappa shape index (κ1) is 17.9. The monoisotopic (exact) mass is 322 g/mol. The summed E-state index contributed by atoms with van der Waals surface area (Å²) in [5.41, 5.74) is 3.56. The molecule has 0 aliphatic carbocycles. The van der Waals surface area contributed by atoms with Gasteiger partial charge in [-0.15, -0.1) is 0 Å². The van der Waals surface area contributed by atoms with Gasteiger partial charge in [0.25, 0.3) is 0 Å². The van der Waals surface area contributed by atoms with Crippen LogP contribution < -0.4 is 0 Å². The van der Waals surface area contributed by atoms with E-state index in [2.05, 4.69) is 43.1 Å². The van der Waals surface area contributed by atoms with E-state index in [0.717, 1.165) is 18.5 Å². The van der Waals surface area contributed by atoms with Crippen LogP contribution in [0.3, 0.4) is 0 Å². The minimum atomic E-state index is 0.0551. The van der Waals surface area contributed by atoms with E-state index < -0.39 is 0 Å². The van der Waals surface area contributed by atoms with Gasteiger partial charge in [0.2, 0.25) is 5.91 Å². The highest BCUT2D eigenvalue weighted by atomic mass is 16.2. The molecule has 126 valence electrons. The fourth-order valence-electron chi connectivity index (χ4n) is 2.50. The molecule has 0 saturated carbocycles. The number of aromatic nitrogens is 1. The average Bonchev–Trinajstić information content (AvgIpc) is 2.61. The first-order valence-corrected chi connectivity index (χ1v) is 8.56. The Kier molecular flexibility index (Phi) is 6.74. The summed E-state index contributed by atoms with van der Waals surface area (Å²) in [4.78, 5) is 18.2. The van der Waals surface area contributed by atoms with Gasteiger partial charge in [-0.25, -0.2) is 0 Å². The first-order chi connectivity index (χ1) is 11.6. The number of nitrogens with zero attached hydrogens (tertiary/aromatic N) is 2. The number of likely N-dealkylation sites (N-methyl/N-ethyl adjacent to an activating group) is 1. The molecule has 0 atom stereocenters. The second-order valence-electron chi connectivity index (χ2n) is 6.18. The van der Waals surface area contributed by atoms with Crippen molar-refractivity contribution in [3.05, 3.63) is 71.6 Å². The van der Waals surface area contributed by atoms with Crippen molar-refractivity contribution in [2.45, 2.75) is 33.1 Å². The molecule has 24 heavy (non-hydrogen) atoms. The van der Waals surface area contributed by atoms with Gasteiger partial charge in [0, 0.05) is 31.6 Å². The molecule has 2 aromatic rings. The van der Waals surface area contributed by atoms with Crippen LogP contribution in [0.2, 0.25) is 0 Å². The van der Waals surface area contributed by atoms with Crippen molar-refractivity contribution >= 4 is 12.0 Å². The molecule has 0 spiro atoms. The lowest BCUT2D eigenvalue weighted by molar-refractivity contribution is -0.125. The number of benzene rings is 1. The second kappa shape index (κ2) is 9.02. The Hall–Kier alpha value is -2.42. The summed E-state index contributed by atoms with van der Waals surface area (Å²) in [5.74, 6) is 0.577. The summed E-state index contributed by atoms with van der Waals surface area (Å²) in [5, 5.41) is 0. The molecule has 2 rings (SSSR count). The van der Waals surface area contributed by atoms with Crippen LogP contribution in [0, 0.1) is 0 Å². The van der Waals surface area contributed by atoms with E-state index >= 15 is 0 Å². The van der Waals surface area contributed by atoms with Crippen LogP contribution in [0.1, 0.15) is 43.4 Å². The largest absolute Gasteiger partial charge is 0.339 e. The van der Waals surface area contributed by atoms with Gasteiger partial charge in [0.1, 0.15) is 0 Å². The zero-order valence-electron chi connectivity index (χ0n) is 14.8. The van der Waals surface area contributed by atoms with Crippen molar-refractivity contribution in [1.82, 2.24) is 9.88 Å². The highest BCUT2D eigenvalue weighted by molar-refractivity contribution is 5.91. The van der Waals surface area contributed by atoms with Crippen LogP contribution in [0.15, 0.2) is 54.9 Å². The predicted octanol–water partition coefficient (Wildman–Crippen LogP) is 4.31. The van der Waals surface area contributed by atoms with Crippen molar-refractivity contribution in [3.63, 3.8) is 0 Å². The van der Waals surface area contributed by atoms with Crippen LogP contribution in [-0.2, 0) is 11.2 Å². The van der Waals surface area contributed by atoms with Crippen molar-refractivity contribution in [2.75, 3.05) is 13.1 Å². The molecule has 0 bridgehead atoms. The average molecular weight is 322 g/mol. The van der Waals surface area contributed by atoms with E-state index in [4.69, 9.17) is 0 Å². The van der Waals surface area contributed by atoms with Gasteiger partial charge in [-0.05, 0) is 54.2 Å². The molecule has 1 heterocycles. The van der Waals surface area contributed by atoms with Crippen molar-refractivity contribution in [1.29, 1.82) is 0 Å². The van der Waals surface area contributed by atoms with Crippen LogP contribution in [0.4, 0.5) is 0 Å². The molecule has 0 fully saturated rings. The third-order valence-corrected chi connectivity index (χ3v) is 4.13. The van der Waals surface area contributed by atoms with E-state index in [1.807, 2.05) is 30.0 Å². The summed E-state index contributed by atoms with van der Waals surface area (Å²) in [7, 11) is 0. The third-order valence-electron chi connectivity index (χ3n) is 4.13. The molecule has 1 amide bonds. The van der Waals surface area contributed by atoms with Gasteiger partial charge in [-0.3, -0.25) is 9.78 Å². The lowest BCUT2D eigenvalue weighted by Crippen LogP contribution is -2.31. The summed E-state index contributed by atoms with van der Waals surface area (Å²) >= 11 is 0. The van der Waals surface area contributed by atoms with Crippen LogP contribution in [-0.4, -0.2) is 28.9 Å². The number of hydrogen-bond donors (Lipinski definition) is 0. The van der Waals surface area contributed by atoms with E-state index in [-0.39, 0.29) is 5.91 Å². The Labute approximate surface area is 145 Å². The van der Waals surface area contributed by atoms with E-state index in [9.17, 15) is 4.79 Å². The quantitative estimate of drug-likeness (QED) is 0.712. The number of carbonyl (C=O) groups is 1. The second-order valence-corrected chi connectivity index (χ2v) is 6.18. The van der Waals surface area contributed by atoms with Crippen molar-refractivity contribution < 1.29 is 4.79 Å². The van der Waals surface area contributed by atoms with Gasteiger partial charge in [-0.2, -0.15) is 0 Å². The molecule has 0 aliphatic rings. The van der Waals surface area contributed by atoms with Crippen LogP contribution >= 0.6 is 0 Å². The normalized spacial score (nSPS) is 11.2. The zero-order valence-corrected chi connectivity index (χ0v) is 14.8. The smallest absolute Gasteiger partial charge is 0.246 e. The minimum Gasteiger partial charge on any atom is -0.339 e. The van der Waals surface area contributed by atoms with Crippen molar-refractivity contribution in [2.24, 2.45) is 0 Å². The van der Waals surface area contributed by atoms with Gasteiger partial charge in [-0.1, -0.05) is 38.1 Å². The predicted molar refractivity (Wildman–Crippen MR) is 99.8 cm³/mol. The van der Waals surface area contributed by atoms with Gasteiger partial charge < -0.3 is 4.90 Å². The Bertz CT molecular complexity index is 660. The zero-order chi connectivity index (χ0) is 17.4. The molecule has 1 aromatic heterocycles. The maximum Gasteiger partial charge on any atom is 0.246 e. The summed E-state index contributed by atoms with van der Waals surface area (Å²) in [6, 6.07) is 12.3. The highest BCUT2D eigenvalue weighted by Crippen LogP contribution is 2.15. The Morgan fingerprint density at radius 3 is 2.38 bits per heavy atom. The molecule has 0 saturated heterocycles. The van der Waals surface area contributed by atoms with Gasteiger partial charge >= 0.3 is 0 Å². The minimum absolute atomic E-state index is 0.0551. The number of amides is 1. The molecular weight excluding hydrogens is 296 g/mol. The fraction of sp³-hybridized carbons (Fsp3) is 0.333. The molecule has 3 nitrogen and oxygen atoms in total.